The van der Waals surface area contributed by atoms with Crippen molar-refractivity contribution in [2.24, 2.45) is 0 Å². The second-order valence-electron chi connectivity index (χ2n) is 6.24. The van der Waals surface area contributed by atoms with Gasteiger partial charge in [0.25, 0.3) is 0 Å². The number of Topliss-reactive ketones (excluding diaryl/α,β-unsaturated/α-hetero) is 1. The van der Waals surface area contributed by atoms with E-state index in [2.05, 4.69) is 5.32 Å². The highest BCUT2D eigenvalue weighted by atomic mass is 32.2. The van der Waals surface area contributed by atoms with E-state index in [1.165, 1.54) is 33.8 Å². The molecule has 9 heteroatoms. The molecule has 0 unspecified atom stereocenters. The quantitative estimate of drug-likeness (QED) is 0.542. The van der Waals surface area contributed by atoms with Gasteiger partial charge in [-0.05, 0) is 42.5 Å². The molecule has 7 nitrogen and oxygen atoms in total. The highest BCUT2D eigenvalue weighted by Gasteiger charge is 2.28. The molecule has 2 heterocycles. The first-order valence-electron chi connectivity index (χ1n) is 8.57. The van der Waals surface area contributed by atoms with Gasteiger partial charge in [-0.15, -0.1) is 11.3 Å². The zero-order valence-electron chi connectivity index (χ0n) is 14.6. The van der Waals surface area contributed by atoms with Crippen LogP contribution in [0.25, 0.3) is 0 Å². The van der Waals surface area contributed by atoms with Crippen LogP contribution in [0.4, 0.5) is 5.69 Å². The number of rotatable bonds is 7. The maximum atomic E-state index is 12.6. The molecular formula is C18H20N2O5S2. The molecule has 2 aromatic rings. The van der Waals surface area contributed by atoms with E-state index in [-0.39, 0.29) is 35.0 Å². The van der Waals surface area contributed by atoms with Gasteiger partial charge in [0.15, 0.2) is 5.78 Å². The van der Waals surface area contributed by atoms with Crippen molar-refractivity contribution >= 4 is 38.7 Å². The van der Waals surface area contributed by atoms with Crippen LogP contribution in [-0.4, -0.2) is 42.6 Å². The van der Waals surface area contributed by atoms with E-state index in [0.717, 1.165) is 12.8 Å². The van der Waals surface area contributed by atoms with Crippen molar-refractivity contribution in [2.45, 2.75) is 30.6 Å². The Morgan fingerprint density at radius 1 is 1.15 bits per heavy atom. The number of phenolic OH excluding ortho intramolecular Hbond substituents is 1. The van der Waals surface area contributed by atoms with Gasteiger partial charge in [-0.2, -0.15) is 4.31 Å². The second kappa shape index (κ2) is 8.20. The number of hydrogen-bond acceptors (Lipinski definition) is 6. The van der Waals surface area contributed by atoms with E-state index < -0.39 is 15.9 Å². The molecule has 27 heavy (non-hydrogen) atoms. The Balaban J connectivity index is 1.67. The van der Waals surface area contributed by atoms with Crippen LogP contribution in [0.1, 0.15) is 35.4 Å². The van der Waals surface area contributed by atoms with Crippen LogP contribution in [0, 0.1) is 0 Å². The van der Waals surface area contributed by atoms with Crippen LogP contribution in [0.3, 0.4) is 0 Å². The van der Waals surface area contributed by atoms with Crippen molar-refractivity contribution in [1.29, 1.82) is 0 Å². The predicted molar refractivity (Wildman–Crippen MR) is 103 cm³/mol. The highest BCUT2D eigenvalue weighted by molar-refractivity contribution is 7.89. The monoisotopic (exact) mass is 408 g/mol. The lowest BCUT2D eigenvalue weighted by molar-refractivity contribution is -0.116. The summed E-state index contributed by atoms with van der Waals surface area (Å²) in [5.41, 5.74) is 0.0174. The Bertz CT molecular complexity index is 933. The smallest absolute Gasteiger partial charge is 0.243 e. The molecule has 3 rings (SSSR count). The minimum atomic E-state index is -3.65. The third kappa shape index (κ3) is 4.55. The summed E-state index contributed by atoms with van der Waals surface area (Å²) < 4.78 is 26.6. The van der Waals surface area contributed by atoms with Gasteiger partial charge < -0.3 is 10.4 Å². The maximum Gasteiger partial charge on any atom is 0.243 e. The summed E-state index contributed by atoms with van der Waals surface area (Å²) in [6, 6.07) is 7.28. The van der Waals surface area contributed by atoms with Crippen molar-refractivity contribution < 1.29 is 23.1 Å². The lowest BCUT2D eigenvalue weighted by atomic mass is 10.2. The minimum Gasteiger partial charge on any atom is -0.506 e. The molecule has 1 fully saturated rings. The lowest BCUT2D eigenvalue weighted by Gasteiger charge is -2.16. The number of anilines is 1. The molecule has 1 aliphatic rings. The Hall–Kier alpha value is -2.23. The van der Waals surface area contributed by atoms with Crippen molar-refractivity contribution in [3.8, 4) is 5.75 Å². The molecule has 1 aromatic heterocycles. The second-order valence-corrected chi connectivity index (χ2v) is 9.12. The van der Waals surface area contributed by atoms with Gasteiger partial charge in [-0.25, -0.2) is 8.42 Å². The largest absolute Gasteiger partial charge is 0.506 e. The fourth-order valence-corrected chi connectivity index (χ4v) is 5.09. The third-order valence-electron chi connectivity index (χ3n) is 4.32. The van der Waals surface area contributed by atoms with E-state index in [4.69, 9.17) is 0 Å². The number of hydrogen-bond donors (Lipinski definition) is 2. The summed E-state index contributed by atoms with van der Waals surface area (Å²) in [7, 11) is -3.65. The molecule has 1 aromatic carbocycles. The number of thiophene rings is 1. The van der Waals surface area contributed by atoms with Crippen LogP contribution >= 0.6 is 11.3 Å². The van der Waals surface area contributed by atoms with Gasteiger partial charge in [-0.1, -0.05) is 6.07 Å². The first kappa shape index (κ1) is 19.5. The summed E-state index contributed by atoms with van der Waals surface area (Å²) in [5, 5.41) is 14.2. The van der Waals surface area contributed by atoms with Crippen LogP contribution < -0.4 is 5.32 Å². The molecule has 0 atom stereocenters. The Kier molecular flexibility index (Phi) is 5.93. The molecule has 0 saturated carbocycles. The molecule has 0 radical (unpaired) electrons. The summed E-state index contributed by atoms with van der Waals surface area (Å²) in [5.74, 6) is -0.825. The Labute approximate surface area is 161 Å². The standard InChI is InChI=1S/C18H20N2O5S2/c21-15-6-5-13(27(24,25)20-9-1-2-10-20)12-14(15)19-18(23)8-7-16(22)17-4-3-11-26-17/h3-6,11-12,21H,1-2,7-10H2,(H,19,23). The van der Waals surface area contributed by atoms with E-state index in [0.29, 0.717) is 18.0 Å². The van der Waals surface area contributed by atoms with E-state index >= 15 is 0 Å². The number of benzene rings is 1. The van der Waals surface area contributed by atoms with Gasteiger partial charge in [-0.3, -0.25) is 9.59 Å². The van der Waals surface area contributed by atoms with Crippen LogP contribution in [0.2, 0.25) is 0 Å². The predicted octanol–water partition coefficient (Wildman–Crippen LogP) is 2.84. The number of carbonyl (C=O) groups excluding carboxylic acids is 2. The Morgan fingerprint density at radius 2 is 1.89 bits per heavy atom. The molecule has 144 valence electrons. The molecule has 1 saturated heterocycles. The van der Waals surface area contributed by atoms with E-state index in [1.54, 1.807) is 17.5 Å². The number of carbonyl (C=O) groups is 2. The molecule has 0 bridgehead atoms. The number of phenols is 1. The summed E-state index contributed by atoms with van der Waals surface area (Å²) >= 11 is 1.31. The number of nitrogens with zero attached hydrogens (tertiary/aromatic N) is 1. The fraction of sp³-hybridized carbons (Fsp3) is 0.333. The van der Waals surface area contributed by atoms with Gasteiger partial charge in [0.1, 0.15) is 5.75 Å². The number of amides is 1. The SMILES string of the molecule is O=C(CCC(=O)c1cccs1)Nc1cc(S(=O)(=O)N2CCCC2)ccc1O. The summed E-state index contributed by atoms with van der Waals surface area (Å²) in [4.78, 5) is 24.7. The Morgan fingerprint density at radius 3 is 2.56 bits per heavy atom. The summed E-state index contributed by atoms with van der Waals surface area (Å²) in [6.45, 7) is 0.936. The topological polar surface area (TPSA) is 104 Å². The van der Waals surface area contributed by atoms with Gasteiger partial charge in [0.05, 0.1) is 15.5 Å². The maximum absolute atomic E-state index is 12.6. The molecule has 0 aliphatic carbocycles. The van der Waals surface area contributed by atoms with Gasteiger partial charge >= 0.3 is 0 Å². The average Bonchev–Trinajstić information content (AvgIpc) is 3.35. The van der Waals surface area contributed by atoms with Crippen LogP contribution in [-0.2, 0) is 14.8 Å². The molecule has 1 aliphatic heterocycles. The lowest BCUT2D eigenvalue weighted by Crippen LogP contribution is -2.28. The third-order valence-corrected chi connectivity index (χ3v) is 7.13. The summed E-state index contributed by atoms with van der Waals surface area (Å²) in [6.07, 6.45) is 1.62. The number of ketones is 1. The molecule has 1 amide bonds. The zero-order chi connectivity index (χ0) is 19.4. The minimum absolute atomic E-state index is 0.0174. The fourth-order valence-electron chi connectivity index (χ4n) is 2.85. The molecule has 0 spiro atoms. The zero-order valence-corrected chi connectivity index (χ0v) is 16.2. The van der Waals surface area contributed by atoms with E-state index in [9.17, 15) is 23.1 Å². The van der Waals surface area contributed by atoms with Crippen molar-refractivity contribution in [3.63, 3.8) is 0 Å². The van der Waals surface area contributed by atoms with Crippen LogP contribution in [0.15, 0.2) is 40.6 Å². The van der Waals surface area contributed by atoms with E-state index in [1.807, 2.05) is 0 Å². The van der Waals surface area contributed by atoms with Crippen molar-refractivity contribution in [1.82, 2.24) is 4.31 Å². The van der Waals surface area contributed by atoms with Gasteiger partial charge in [0.2, 0.25) is 15.9 Å². The number of nitrogens with one attached hydrogen (secondary N) is 1. The first-order valence-corrected chi connectivity index (χ1v) is 10.9. The molecular weight excluding hydrogens is 388 g/mol. The van der Waals surface area contributed by atoms with Crippen molar-refractivity contribution in [2.75, 3.05) is 18.4 Å². The number of sulfonamides is 1. The highest BCUT2D eigenvalue weighted by Crippen LogP contribution is 2.29. The van der Waals surface area contributed by atoms with Crippen molar-refractivity contribution in [3.05, 3.63) is 40.6 Å². The normalized spacial score (nSPS) is 15.0. The molecule has 2 N–H and O–H groups in total. The van der Waals surface area contributed by atoms with Gasteiger partial charge in [0, 0.05) is 25.9 Å². The average molecular weight is 409 g/mol. The number of aromatic hydroxyl groups is 1. The van der Waals surface area contributed by atoms with Crippen LogP contribution in [0.5, 0.6) is 5.75 Å². The first-order chi connectivity index (χ1) is 12.9.